The van der Waals surface area contributed by atoms with E-state index in [1.165, 1.54) is 0 Å². The number of nitrogens with zero attached hydrogens (tertiary/aromatic N) is 1. The fraction of sp³-hybridized carbons (Fsp3) is 0.308. The van der Waals surface area contributed by atoms with Crippen molar-refractivity contribution in [2.45, 2.75) is 33.4 Å². The Kier molecular flexibility index (Phi) is 8.28. The van der Waals surface area contributed by atoms with Gasteiger partial charge in [0.15, 0.2) is 6.61 Å². The molecule has 32 heavy (non-hydrogen) atoms. The lowest BCUT2D eigenvalue weighted by Crippen LogP contribution is -2.49. The van der Waals surface area contributed by atoms with Crippen LogP contribution in [0.5, 0.6) is 5.75 Å². The van der Waals surface area contributed by atoms with E-state index in [-0.39, 0.29) is 18.4 Å². The second-order valence-electron chi connectivity index (χ2n) is 8.23. The molecule has 0 unspecified atom stereocenters. The second-order valence-corrected chi connectivity index (χ2v) is 9.15. The zero-order valence-corrected chi connectivity index (χ0v) is 20.3. The fourth-order valence-corrected chi connectivity index (χ4v) is 3.86. The molecule has 0 bridgehead atoms. The third-order valence-electron chi connectivity index (χ3n) is 5.19. The molecular formula is C26H29BrN2O3. The van der Waals surface area contributed by atoms with E-state index in [9.17, 15) is 9.59 Å². The number of ether oxygens (including phenoxy) is 1. The smallest absolute Gasteiger partial charge is 0.261 e. The molecule has 0 spiro atoms. The zero-order chi connectivity index (χ0) is 23.1. The number of amides is 2. The van der Waals surface area contributed by atoms with Crippen molar-refractivity contribution in [3.05, 3.63) is 76.8 Å². The Morgan fingerprint density at radius 3 is 2.47 bits per heavy atom. The molecule has 2 amide bonds. The number of hydrogen-bond donors (Lipinski definition) is 1. The van der Waals surface area contributed by atoms with Crippen LogP contribution in [0.25, 0.3) is 10.8 Å². The van der Waals surface area contributed by atoms with E-state index in [4.69, 9.17) is 4.74 Å². The van der Waals surface area contributed by atoms with Crippen LogP contribution in [0.4, 0.5) is 0 Å². The highest BCUT2D eigenvalue weighted by Crippen LogP contribution is 2.25. The quantitative estimate of drug-likeness (QED) is 0.444. The fourth-order valence-electron chi connectivity index (χ4n) is 3.41. The van der Waals surface area contributed by atoms with Crippen LogP contribution in [0, 0.1) is 5.92 Å². The van der Waals surface area contributed by atoms with Crippen LogP contribution in [-0.2, 0) is 16.1 Å². The Hall–Kier alpha value is -2.86. The van der Waals surface area contributed by atoms with Crippen molar-refractivity contribution < 1.29 is 14.3 Å². The maximum absolute atomic E-state index is 13.2. The minimum absolute atomic E-state index is 0.149. The molecule has 0 aliphatic carbocycles. The van der Waals surface area contributed by atoms with Crippen LogP contribution in [0.15, 0.2) is 71.2 Å². The first-order chi connectivity index (χ1) is 15.3. The van der Waals surface area contributed by atoms with Crippen molar-refractivity contribution in [3.8, 4) is 5.75 Å². The molecule has 3 rings (SSSR count). The summed E-state index contributed by atoms with van der Waals surface area (Å²) in [7, 11) is 0. The number of rotatable bonds is 9. The highest BCUT2D eigenvalue weighted by molar-refractivity contribution is 9.10. The van der Waals surface area contributed by atoms with Crippen LogP contribution < -0.4 is 10.1 Å². The molecule has 0 aliphatic rings. The van der Waals surface area contributed by atoms with E-state index >= 15 is 0 Å². The molecule has 3 aromatic rings. The van der Waals surface area contributed by atoms with Crippen molar-refractivity contribution in [2.24, 2.45) is 5.92 Å². The van der Waals surface area contributed by atoms with Gasteiger partial charge < -0.3 is 15.0 Å². The highest BCUT2D eigenvalue weighted by atomic mass is 79.9. The lowest BCUT2D eigenvalue weighted by molar-refractivity contribution is -0.142. The third-order valence-corrected chi connectivity index (χ3v) is 5.69. The third kappa shape index (κ3) is 6.33. The van der Waals surface area contributed by atoms with Gasteiger partial charge in [-0.3, -0.25) is 9.59 Å². The number of benzene rings is 3. The summed E-state index contributed by atoms with van der Waals surface area (Å²) in [5, 5.41) is 4.92. The van der Waals surface area contributed by atoms with Crippen molar-refractivity contribution in [1.82, 2.24) is 10.2 Å². The van der Waals surface area contributed by atoms with Crippen LogP contribution in [0.2, 0.25) is 0 Å². The average Bonchev–Trinajstić information content (AvgIpc) is 2.79. The number of fused-ring (bicyclic) bond motifs is 1. The molecule has 0 aromatic heterocycles. The standard InChI is InChI=1S/C26H29BrN2O3/c1-18(2)15-28-26(31)19(3)29(16-20-8-6-11-22(27)14-20)25(30)17-32-24-13-7-10-21-9-4-5-12-23(21)24/h4-14,18-19H,15-17H2,1-3H3,(H,28,31)/t19-/m1/s1. The van der Waals surface area contributed by atoms with E-state index in [2.05, 4.69) is 21.2 Å². The van der Waals surface area contributed by atoms with Gasteiger partial charge >= 0.3 is 0 Å². The van der Waals surface area contributed by atoms with Gasteiger partial charge in [0.2, 0.25) is 5.91 Å². The van der Waals surface area contributed by atoms with Gasteiger partial charge in [0, 0.05) is 22.9 Å². The summed E-state index contributed by atoms with van der Waals surface area (Å²) in [6, 6.07) is 20.8. The lowest BCUT2D eigenvalue weighted by atomic mass is 10.1. The summed E-state index contributed by atoms with van der Waals surface area (Å²) in [5.74, 6) is 0.558. The first-order valence-electron chi connectivity index (χ1n) is 10.8. The molecule has 0 saturated carbocycles. The molecule has 3 aromatic carbocycles. The summed E-state index contributed by atoms with van der Waals surface area (Å²) < 4.78 is 6.84. The Labute approximate surface area is 197 Å². The summed E-state index contributed by atoms with van der Waals surface area (Å²) >= 11 is 3.47. The Balaban J connectivity index is 1.77. The molecule has 1 N–H and O–H groups in total. The van der Waals surface area contributed by atoms with Crippen molar-refractivity contribution in [3.63, 3.8) is 0 Å². The monoisotopic (exact) mass is 496 g/mol. The molecule has 0 heterocycles. The molecule has 1 atom stereocenters. The van der Waals surface area contributed by atoms with Gasteiger partial charge in [-0.15, -0.1) is 0 Å². The number of halogens is 1. The zero-order valence-electron chi connectivity index (χ0n) is 18.7. The molecule has 0 fully saturated rings. The predicted molar refractivity (Wildman–Crippen MR) is 131 cm³/mol. The van der Waals surface area contributed by atoms with Gasteiger partial charge in [-0.1, -0.05) is 78.3 Å². The average molecular weight is 497 g/mol. The van der Waals surface area contributed by atoms with Crippen LogP contribution in [0.3, 0.4) is 0 Å². The van der Waals surface area contributed by atoms with Crippen LogP contribution in [-0.4, -0.2) is 35.9 Å². The highest BCUT2D eigenvalue weighted by Gasteiger charge is 2.26. The molecule has 6 heteroatoms. The molecule has 5 nitrogen and oxygen atoms in total. The van der Waals surface area contributed by atoms with Gasteiger partial charge in [-0.2, -0.15) is 0 Å². The summed E-state index contributed by atoms with van der Waals surface area (Å²) in [6.07, 6.45) is 0. The van der Waals surface area contributed by atoms with Crippen LogP contribution in [0.1, 0.15) is 26.3 Å². The number of nitrogens with one attached hydrogen (secondary N) is 1. The molecule has 168 valence electrons. The minimum Gasteiger partial charge on any atom is -0.483 e. The Morgan fingerprint density at radius 2 is 1.72 bits per heavy atom. The van der Waals surface area contributed by atoms with Crippen molar-refractivity contribution in [2.75, 3.05) is 13.2 Å². The number of carbonyl (C=O) groups excluding carboxylic acids is 2. The molecule has 0 aliphatic heterocycles. The topological polar surface area (TPSA) is 58.6 Å². The Morgan fingerprint density at radius 1 is 1.00 bits per heavy atom. The lowest BCUT2D eigenvalue weighted by Gasteiger charge is -2.29. The first kappa shape index (κ1) is 23.8. The number of carbonyl (C=O) groups is 2. The van der Waals surface area contributed by atoms with E-state index in [1.54, 1.807) is 11.8 Å². The Bertz CT molecular complexity index is 1080. The van der Waals surface area contributed by atoms with E-state index in [0.29, 0.717) is 24.8 Å². The maximum Gasteiger partial charge on any atom is 0.261 e. The second kappa shape index (κ2) is 11.1. The van der Waals surface area contributed by atoms with Crippen molar-refractivity contribution in [1.29, 1.82) is 0 Å². The molecular weight excluding hydrogens is 468 g/mol. The number of hydrogen-bond acceptors (Lipinski definition) is 3. The summed E-state index contributed by atoms with van der Waals surface area (Å²) in [6.45, 7) is 6.55. The van der Waals surface area contributed by atoms with Crippen LogP contribution >= 0.6 is 15.9 Å². The summed E-state index contributed by atoms with van der Waals surface area (Å²) in [5.41, 5.74) is 0.932. The van der Waals surface area contributed by atoms with Gasteiger partial charge in [0.25, 0.3) is 5.91 Å². The maximum atomic E-state index is 13.2. The van der Waals surface area contributed by atoms with E-state index in [1.807, 2.05) is 80.6 Å². The largest absolute Gasteiger partial charge is 0.483 e. The van der Waals surface area contributed by atoms with Crippen molar-refractivity contribution >= 4 is 38.5 Å². The van der Waals surface area contributed by atoms with E-state index in [0.717, 1.165) is 20.8 Å². The SMILES string of the molecule is CC(C)CNC(=O)[C@@H](C)N(Cc1cccc(Br)c1)C(=O)COc1cccc2ccccc12. The summed E-state index contributed by atoms with van der Waals surface area (Å²) in [4.78, 5) is 27.6. The normalized spacial score (nSPS) is 11.9. The predicted octanol–water partition coefficient (Wildman–Crippen LogP) is 5.17. The van der Waals surface area contributed by atoms with Gasteiger partial charge in [0.1, 0.15) is 11.8 Å². The van der Waals surface area contributed by atoms with Gasteiger partial charge in [0.05, 0.1) is 0 Å². The molecule has 0 saturated heterocycles. The first-order valence-corrected chi connectivity index (χ1v) is 11.6. The molecule has 0 radical (unpaired) electrons. The van der Waals surface area contributed by atoms with Gasteiger partial charge in [-0.25, -0.2) is 0 Å². The minimum atomic E-state index is -0.628. The van der Waals surface area contributed by atoms with Gasteiger partial charge in [-0.05, 0) is 42.0 Å². The van der Waals surface area contributed by atoms with E-state index < -0.39 is 6.04 Å².